The molecule has 0 aliphatic heterocycles. The van der Waals surface area contributed by atoms with Gasteiger partial charge in [-0.2, -0.15) is 0 Å². The first-order valence-electron chi connectivity index (χ1n) is 8.46. The smallest absolute Gasteiger partial charge is 0.371 e. The van der Waals surface area contributed by atoms with Crippen molar-refractivity contribution in [2.24, 2.45) is 0 Å². The summed E-state index contributed by atoms with van der Waals surface area (Å²) < 4.78 is 5.33. The maximum Gasteiger partial charge on any atom is 0.371 e. The van der Waals surface area contributed by atoms with Gasteiger partial charge in [0.05, 0.1) is 0 Å². The number of carbonyl (C=O) groups is 2. The molecule has 0 spiro atoms. The molecule has 0 bridgehead atoms. The third kappa shape index (κ3) is 4.44. The van der Waals surface area contributed by atoms with Gasteiger partial charge in [-0.05, 0) is 62.0 Å². The number of aryl methyl sites for hydroxylation is 2. The molecule has 142 valence electrons. The van der Waals surface area contributed by atoms with Crippen molar-refractivity contribution >= 4 is 34.9 Å². The number of benzene rings is 2. The van der Waals surface area contributed by atoms with Gasteiger partial charge >= 0.3 is 5.97 Å². The van der Waals surface area contributed by atoms with Crippen molar-refractivity contribution in [1.82, 2.24) is 5.32 Å². The molecule has 3 N–H and O–H groups in total. The summed E-state index contributed by atoms with van der Waals surface area (Å²) in [7, 11) is 0. The van der Waals surface area contributed by atoms with Gasteiger partial charge in [0.25, 0.3) is 5.91 Å². The Labute approximate surface area is 167 Å². The van der Waals surface area contributed by atoms with E-state index in [2.05, 4.69) is 10.6 Å². The molecule has 0 saturated heterocycles. The summed E-state index contributed by atoms with van der Waals surface area (Å²) >= 11 is 5.25. The van der Waals surface area contributed by atoms with Crippen LogP contribution in [-0.2, 0) is 0 Å². The van der Waals surface area contributed by atoms with Crippen LogP contribution in [0.25, 0.3) is 11.3 Å². The minimum atomic E-state index is -1.13. The largest absolute Gasteiger partial charge is 0.475 e. The number of carboxylic acids is 1. The monoisotopic (exact) mass is 394 g/mol. The summed E-state index contributed by atoms with van der Waals surface area (Å²) in [6.45, 7) is 3.84. The summed E-state index contributed by atoms with van der Waals surface area (Å²) in [5.74, 6) is -1.14. The van der Waals surface area contributed by atoms with Crippen molar-refractivity contribution in [3.05, 3.63) is 77.0 Å². The van der Waals surface area contributed by atoms with E-state index in [1.54, 1.807) is 24.3 Å². The van der Waals surface area contributed by atoms with Crippen LogP contribution in [0.15, 0.2) is 59.0 Å². The Morgan fingerprint density at radius 2 is 1.71 bits per heavy atom. The molecule has 1 amide bonds. The molecule has 1 heterocycles. The number of carboxylic acid groups (broad SMARTS) is 1. The van der Waals surface area contributed by atoms with E-state index >= 15 is 0 Å². The van der Waals surface area contributed by atoms with Gasteiger partial charge in [0.2, 0.25) is 5.76 Å². The summed E-state index contributed by atoms with van der Waals surface area (Å²) in [5.41, 5.74) is 3.85. The van der Waals surface area contributed by atoms with Gasteiger partial charge < -0.3 is 14.8 Å². The molecule has 7 heteroatoms. The fourth-order valence-corrected chi connectivity index (χ4v) is 2.75. The minimum absolute atomic E-state index is 0.133. The Morgan fingerprint density at radius 3 is 2.36 bits per heavy atom. The molecular weight excluding hydrogens is 376 g/mol. The molecule has 0 unspecified atom stereocenters. The lowest BCUT2D eigenvalue weighted by Crippen LogP contribution is -2.34. The van der Waals surface area contributed by atoms with Gasteiger partial charge in [-0.15, -0.1) is 0 Å². The number of hydrogen-bond donors (Lipinski definition) is 3. The molecule has 28 heavy (non-hydrogen) atoms. The minimum Gasteiger partial charge on any atom is -0.475 e. The number of rotatable bonds is 4. The number of amides is 1. The normalized spacial score (nSPS) is 10.4. The Morgan fingerprint density at radius 1 is 1.00 bits per heavy atom. The molecule has 1 aromatic heterocycles. The predicted octanol–water partition coefficient (Wildman–Crippen LogP) is 4.39. The van der Waals surface area contributed by atoms with Crippen LogP contribution < -0.4 is 10.6 Å². The average molecular weight is 394 g/mol. The van der Waals surface area contributed by atoms with E-state index in [1.807, 2.05) is 38.1 Å². The summed E-state index contributed by atoms with van der Waals surface area (Å²) in [6, 6.07) is 15.6. The highest BCUT2D eigenvalue weighted by Crippen LogP contribution is 2.27. The van der Waals surface area contributed by atoms with Crippen molar-refractivity contribution in [3.8, 4) is 11.3 Å². The van der Waals surface area contributed by atoms with Crippen LogP contribution in [0.1, 0.15) is 32.0 Å². The average Bonchev–Trinajstić information content (AvgIpc) is 3.14. The maximum atomic E-state index is 12.3. The van der Waals surface area contributed by atoms with Gasteiger partial charge in [-0.25, -0.2) is 4.79 Å². The first-order valence-corrected chi connectivity index (χ1v) is 8.87. The first-order chi connectivity index (χ1) is 13.3. The molecular formula is C21H18N2O4S. The standard InChI is InChI=1S/C21H18N2O4S/c1-12-3-6-14(7-4-12)19(24)23-21(28)22-16-11-15(8-5-13(16)2)17-9-10-18(27-17)20(25)26/h3-11H,1-2H3,(H,25,26)(H2,22,23,24,28). The van der Waals surface area contributed by atoms with E-state index in [4.69, 9.17) is 21.7 Å². The zero-order valence-electron chi connectivity index (χ0n) is 15.3. The summed E-state index contributed by atoms with van der Waals surface area (Å²) in [6.07, 6.45) is 0. The Kier molecular flexibility index (Phi) is 5.56. The van der Waals surface area contributed by atoms with Gasteiger partial charge in [0.1, 0.15) is 5.76 Å². The third-order valence-corrected chi connectivity index (χ3v) is 4.33. The Balaban J connectivity index is 1.74. The second-order valence-corrected chi connectivity index (χ2v) is 6.68. The number of anilines is 1. The quantitative estimate of drug-likeness (QED) is 0.569. The van der Waals surface area contributed by atoms with Gasteiger partial charge in [-0.3, -0.25) is 10.1 Å². The van der Waals surface area contributed by atoms with E-state index in [9.17, 15) is 9.59 Å². The van der Waals surface area contributed by atoms with E-state index < -0.39 is 5.97 Å². The van der Waals surface area contributed by atoms with E-state index in [-0.39, 0.29) is 16.8 Å². The third-order valence-electron chi connectivity index (χ3n) is 4.13. The molecule has 0 saturated carbocycles. The fourth-order valence-electron chi connectivity index (χ4n) is 2.55. The lowest BCUT2D eigenvalue weighted by atomic mass is 10.1. The van der Waals surface area contributed by atoms with E-state index in [1.165, 1.54) is 6.07 Å². The van der Waals surface area contributed by atoms with E-state index in [0.717, 1.165) is 11.1 Å². The lowest BCUT2D eigenvalue weighted by molar-refractivity contribution is 0.0663. The molecule has 2 aromatic carbocycles. The molecule has 0 atom stereocenters. The molecule has 0 aliphatic carbocycles. The van der Waals surface area contributed by atoms with Crippen molar-refractivity contribution < 1.29 is 19.1 Å². The van der Waals surface area contributed by atoms with Crippen LogP contribution in [-0.4, -0.2) is 22.1 Å². The zero-order chi connectivity index (χ0) is 20.3. The molecule has 0 fully saturated rings. The Hall–Kier alpha value is -3.45. The molecule has 6 nitrogen and oxygen atoms in total. The number of nitrogens with one attached hydrogen (secondary N) is 2. The second kappa shape index (κ2) is 8.06. The molecule has 3 aromatic rings. The second-order valence-electron chi connectivity index (χ2n) is 6.27. The number of thiocarbonyl (C=S) groups is 1. The van der Waals surface area contributed by atoms with Crippen molar-refractivity contribution in [3.63, 3.8) is 0 Å². The Bertz CT molecular complexity index is 1050. The van der Waals surface area contributed by atoms with Crippen molar-refractivity contribution in [1.29, 1.82) is 0 Å². The van der Waals surface area contributed by atoms with Crippen LogP contribution in [0.2, 0.25) is 0 Å². The van der Waals surface area contributed by atoms with Gasteiger partial charge in [0.15, 0.2) is 5.11 Å². The molecule has 0 radical (unpaired) electrons. The number of aromatic carboxylic acids is 1. The number of carbonyl (C=O) groups excluding carboxylic acids is 1. The van der Waals surface area contributed by atoms with Gasteiger partial charge in [-0.1, -0.05) is 29.8 Å². The highest BCUT2D eigenvalue weighted by Gasteiger charge is 2.13. The highest BCUT2D eigenvalue weighted by molar-refractivity contribution is 7.80. The highest BCUT2D eigenvalue weighted by atomic mass is 32.1. The zero-order valence-corrected chi connectivity index (χ0v) is 16.1. The van der Waals surface area contributed by atoms with Crippen molar-refractivity contribution in [2.45, 2.75) is 13.8 Å². The van der Waals surface area contributed by atoms with Crippen LogP contribution >= 0.6 is 12.2 Å². The van der Waals surface area contributed by atoms with Crippen LogP contribution in [0.3, 0.4) is 0 Å². The molecule has 0 aliphatic rings. The van der Waals surface area contributed by atoms with Crippen molar-refractivity contribution in [2.75, 3.05) is 5.32 Å². The van der Waals surface area contributed by atoms with E-state index in [0.29, 0.717) is 22.6 Å². The first kappa shape index (κ1) is 19.3. The van der Waals surface area contributed by atoms with Crippen LogP contribution in [0, 0.1) is 13.8 Å². The number of furan rings is 1. The topological polar surface area (TPSA) is 91.6 Å². The van der Waals surface area contributed by atoms with Gasteiger partial charge in [0, 0.05) is 16.8 Å². The summed E-state index contributed by atoms with van der Waals surface area (Å²) in [5, 5.41) is 14.8. The number of hydrogen-bond acceptors (Lipinski definition) is 4. The van der Waals surface area contributed by atoms with Crippen LogP contribution in [0.5, 0.6) is 0 Å². The maximum absolute atomic E-state index is 12.3. The predicted molar refractivity (Wildman–Crippen MR) is 111 cm³/mol. The molecule has 3 rings (SSSR count). The summed E-state index contributed by atoms with van der Waals surface area (Å²) in [4.78, 5) is 23.3. The lowest BCUT2D eigenvalue weighted by Gasteiger charge is -2.13. The van der Waals surface area contributed by atoms with Crippen LogP contribution in [0.4, 0.5) is 5.69 Å². The fraction of sp³-hybridized carbons (Fsp3) is 0.0952. The SMILES string of the molecule is Cc1ccc(C(=O)NC(=S)Nc2cc(-c3ccc(C(=O)O)o3)ccc2C)cc1.